The number of hydrogen-bond acceptors (Lipinski definition) is 3. The smallest absolute Gasteiger partial charge is 0.202 e. The van der Waals surface area contributed by atoms with E-state index < -0.39 is 0 Å². The first kappa shape index (κ1) is 13.0. The molecule has 1 aliphatic rings. The molecule has 0 saturated carbocycles. The van der Waals surface area contributed by atoms with E-state index in [1.165, 1.54) is 17.3 Å². The predicted octanol–water partition coefficient (Wildman–Crippen LogP) is 3.86. The molecule has 1 heterocycles. The summed E-state index contributed by atoms with van der Waals surface area (Å²) in [7, 11) is 0. The summed E-state index contributed by atoms with van der Waals surface area (Å²) in [4.78, 5) is 14.0. The number of carbonyl (C=O) groups is 1. The highest BCUT2D eigenvalue weighted by Gasteiger charge is 2.28. The van der Waals surface area contributed by atoms with Gasteiger partial charge in [0.25, 0.3) is 0 Å². The average Bonchev–Trinajstić information content (AvgIpc) is 2.84. The SMILES string of the molecule is CCc1cccc(/C(N)=C2\Sc3ccccc3C2=O)c1. The van der Waals surface area contributed by atoms with Gasteiger partial charge in [0, 0.05) is 10.5 Å². The molecule has 0 aliphatic carbocycles. The molecule has 0 bridgehead atoms. The quantitative estimate of drug-likeness (QED) is 0.850. The van der Waals surface area contributed by atoms with E-state index >= 15 is 0 Å². The van der Waals surface area contributed by atoms with Crippen LogP contribution < -0.4 is 5.73 Å². The van der Waals surface area contributed by atoms with Crippen molar-refractivity contribution in [3.8, 4) is 0 Å². The third kappa shape index (κ3) is 2.14. The summed E-state index contributed by atoms with van der Waals surface area (Å²) in [5, 5.41) is 0. The summed E-state index contributed by atoms with van der Waals surface area (Å²) in [6.07, 6.45) is 0.956. The fraction of sp³-hybridized carbons (Fsp3) is 0.118. The van der Waals surface area contributed by atoms with E-state index in [1.54, 1.807) is 0 Å². The summed E-state index contributed by atoms with van der Waals surface area (Å²) in [6.45, 7) is 2.10. The Labute approximate surface area is 122 Å². The minimum atomic E-state index is 0.0324. The van der Waals surface area contributed by atoms with Crippen LogP contribution in [-0.2, 0) is 6.42 Å². The third-order valence-corrected chi connectivity index (χ3v) is 4.63. The first-order chi connectivity index (χ1) is 9.70. The lowest BCUT2D eigenvalue weighted by Crippen LogP contribution is -2.05. The van der Waals surface area contributed by atoms with Crippen LogP contribution in [0.2, 0.25) is 0 Å². The molecule has 2 aromatic carbocycles. The van der Waals surface area contributed by atoms with Crippen molar-refractivity contribution < 1.29 is 4.79 Å². The lowest BCUT2D eigenvalue weighted by molar-refractivity contribution is 0.104. The maximum Gasteiger partial charge on any atom is 0.202 e. The van der Waals surface area contributed by atoms with Crippen LogP contribution >= 0.6 is 11.8 Å². The monoisotopic (exact) mass is 281 g/mol. The average molecular weight is 281 g/mol. The van der Waals surface area contributed by atoms with Crippen molar-refractivity contribution in [2.24, 2.45) is 5.73 Å². The summed E-state index contributed by atoms with van der Waals surface area (Å²) in [5.41, 5.74) is 9.70. The van der Waals surface area contributed by atoms with Crippen LogP contribution in [0.5, 0.6) is 0 Å². The number of Topliss-reactive ketones (excluding diaryl/α,β-unsaturated/α-hetero) is 1. The molecule has 0 spiro atoms. The van der Waals surface area contributed by atoms with Crippen LogP contribution in [0.1, 0.15) is 28.4 Å². The van der Waals surface area contributed by atoms with Crippen molar-refractivity contribution in [3.63, 3.8) is 0 Å². The van der Waals surface area contributed by atoms with Gasteiger partial charge in [0.05, 0.1) is 10.6 Å². The van der Waals surface area contributed by atoms with Crippen LogP contribution in [-0.4, -0.2) is 5.78 Å². The van der Waals surface area contributed by atoms with Crippen LogP contribution in [0.15, 0.2) is 58.3 Å². The number of rotatable bonds is 2. The van der Waals surface area contributed by atoms with Gasteiger partial charge in [-0.1, -0.05) is 49.0 Å². The Morgan fingerprint density at radius 3 is 2.70 bits per heavy atom. The number of hydrogen-bond donors (Lipinski definition) is 1. The summed E-state index contributed by atoms with van der Waals surface area (Å²) < 4.78 is 0. The Balaban J connectivity index is 2.06. The number of ketones is 1. The van der Waals surface area contributed by atoms with Gasteiger partial charge in [-0.25, -0.2) is 0 Å². The maximum atomic E-state index is 12.4. The van der Waals surface area contributed by atoms with Crippen molar-refractivity contribution >= 4 is 23.2 Å². The van der Waals surface area contributed by atoms with Crippen LogP contribution in [0.4, 0.5) is 0 Å². The Morgan fingerprint density at radius 2 is 1.95 bits per heavy atom. The molecule has 0 atom stereocenters. The molecule has 0 saturated heterocycles. The molecule has 2 aromatic rings. The minimum Gasteiger partial charge on any atom is -0.397 e. The lowest BCUT2D eigenvalue weighted by atomic mass is 10.0. The van der Waals surface area contributed by atoms with Gasteiger partial charge in [0.15, 0.2) is 0 Å². The molecule has 3 rings (SSSR count). The number of benzene rings is 2. The van der Waals surface area contributed by atoms with Crippen molar-refractivity contribution in [2.45, 2.75) is 18.2 Å². The van der Waals surface area contributed by atoms with Crippen LogP contribution in [0.25, 0.3) is 5.70 Å². The number of fused-ring (bicyclic) bond motifs is 1. The van der Waals surface area contributed by atoms with Gasteiger partial charge in [-0.15, -0.1) is 0 Å². The Morgan fingerprint density at radius 1 is 1.15 bits per heavy atom. The van der Waals surface area contributed by atoms with Gasteiger partial charge in [-0.05, 0) is 35.7 Å². The van der Waals surface area contributed by atoms with E-state index in [9.17, 15) is 4.79 Å². The molecule has 20 heavy (non-hydrogen) atoms. The van der Waals surface area contributed by atoms with E-state index in [0.717, 1.165) is 22.4 Å². The van der Waals surface area contributed by atoms with Gasteiger partial charge in [-0.3, -0.25) is 4.79 Å². The maximum absolute atomic E-state index is 12.4. The molecule has 2 nitrogen and oxygen atoms in total. The summed E-state index contributed by atoms with van der Waals surface area (Å²) in [6, 6.07) is 15.7. The molecule has 1 aliphatic heterocycles. The van der Waals surface area contributed by atoms with Gasteiger partial charge >= 0.3 is 0 Å². The second-order valence-electron chi connectivity index (χ2n) is 4.72. The Hall–Kier alpha value is -2.00. The third-order valence-electron chi connectivity index (χ3n) is 3.44. The molecular formula is C17H15NOS. The molecule has 0 amide bonds. The molecular weight excluding hydrogens is 266 g/mol. The molecule has 2 N–H and O–H groups in total. The summed E-state index contributed by atoms with van der Waals surface area (Å²) in [5.74, 6) is 0.0324. The normalized spacial score (nSPS) is 16.1. The van der Waals surface area contributed by atoms with E-state index in [0.29, 0.717) is 10.6 Å². The zero-order valence-corrected chi connectivity index (χ0v) is 12.0. The zero-order chi connectivity index (χ0) is 14.1. The number of nitrogens with two attached hydrogens (primary N) is 1. The van der Waals surface area contributed by atoms with Crippen molar-refractivity contribution in [1.82, 2.24) is 0 Å². The fourth-order valence-electron chi connectivity index (χ4n) is 2.29. The topological polar surface area (TPSA) is 43.1 Å². The van der Waals surface area contributed by atoms with Crippen molar-refractivity contribution in [2.75, 3.05) is 0 Å². The van der Waals surface area contributed by atoms with E-state index in [2.05, 4.69) is 19.1 Å². The highest BCUT2D eigenvalue weighted by atomic mass is 32.2. The Kier molecular flexibility index (Phi) is 3.36. The van der Waals surface area contributed by atoms with Crippen LogP contribution in [0.3, 0.4) is 0 Å². The molecule has 100 valence electrons. The first-order valence-corrected chi connectivity index (χ1v) is 7.43. The number of allylic oxidation sites excluding steroid dienone is 1. The predicted molar refractivity (Wildman–Crippen MR) is 83.6 cm³/mol. The van der Waals surface area contributed by atoms with Crippen LogP contribution in [0, 0.1) is 0 Å². The molecule has 0 unspecified atom stereocenters. The molecule has 0 aromatic heterocycles. The molecule has 0 radical (unpaired) electrons. The van der Waals surface area contributed by atoms with E-state index in [1.807, 2.05) is 36.4 Å². The van der Waals surface area contributed by atoms with Gasteiger partial charge in [-0.2, -0.15) is 0 Å². The summed E-state index contributed by atoms with van der Waals surface area (Å²) >= 11 is 1.47. The van der Waals surface area contributed by atoms with Gasteiger partial charge in [0.2, 0.25) is 5.78 Å². The van der Waals surface area contributed by atoms with Gasteiger partial charge < -0.3 is 5.73 Å². The van der Waals surface area contributed by atoms with E-state index in [4.69, 9.17) is 5.73 Å². The second-order valence-corrected chi connectivity index (χ2v) is 5.78. The first-order valence-electron chi connectivity index (χ1n) is 6.61. The minimum absolute atomic E-state index is 0.0324. The van der Waals surface area contributed by atoms with Crippen molar-refractivity contribution in [3.05, 3.63) is 70.1 Å². The van der Waals surface area contributed by atoms with Crippen molar-refractivity contribution in [1.29, 1.82) is 0 Å². The highest BCUT2D eigenvalue weighted by Crippen LogP contribution is 2.42. The number of carbonyl (C=O) groups excluding carboxylic acids is 1. The lowest BCUT2D eigenvalue weighted by Gasteiger charge is -2.06. The zero-order valence-electron chi connectivity index (χ0n) is 11.2. The molecule has 0 fully saturated rings. The van der Waals surface area contributed by atoms with E-state index in [-0.39, 0.29) is 5.78 Å². The van der Waals surface area contributed by atoms with Gasteiger partial charge in [0.1, 0.15) is 0 Å². The molecule has 3 heteroatoms. The fourth-order valence-corrected chi connectivity index (χ4v) is 3.36. The Bertz CT molecular complexity index is 718. The standard InChI is InChI=1S/C17H15NOS/c1-2-11-6-5-7-12(10-11)15(18)17-16(19)13-8-3-4-9-14(13)20-17/h3-10H,2,18H2,1H3/b17-15+. The number of aryl methyl sites for hydroxylation is 1. The second kappa shape index (κ2) is 5.17. The largest absolute Gasteiger partial charge is 0.397 e. The highest BCUT2D eigenvalue weighted by molar-refractivity contribution is 8.05. The number of thioether (sulfide) groups is 1.